The van der Waals surface area contributed by atoms with Crippen molar-refractivity contribution in [2.24, 2.45) is 11.7 Å². The quantitative estimate of drug-likeness (QED) is 0.882. The molecule has 1 aliphatic carbocycles. The summed E-state index contributed by atoms with van der Waals surface area (Å²) >= 11 is 0. The van der Waals surface area contributed by atoms with Gasteiger partial charge in [0.15, 0.2) is 0 Å². The Morgan fingerprint density at radius 2 is 1.75 bits per heavy atom. The molecule has 0 spiro atoms. The van der Waals surface area contributed by atoms with Gasteiger partial charge in [-0.25, -0.2) is 0 Å². The van der Waals surface area contributed by atoms with Crippen molar-refractivity contribution in [3.8, 4) is 0 Å². The molecule has 1 unspecified atom stereocenters. The summed E-state index contributed by atoms with van der Waals surface area (Å²) in [6, 6.07) is 9.59. The molecule has 2 rings (SSSR count). The minimum absolute atomic E-state index is 0.167. The molecule has 112 valence electrons. The summed E-state index contributed by atoms with van der Waals surface area (Å²) in [6.45, 7) is 5.60. The van der Waals surface area contributed by atoms with Crippen molar-refractivity contribution in [3.05, 3.63) is 35.4 Å². The molecule has 1 aromatic carbocycles. The van der Waals surface area contributed by atoms with Gasteiger partial charge in [-0.05, 0) is 64.1 Å². The van der Waals surface area contributed by atoms with Crippen molar-refractivity contribution in [3.63, 3.8) is 0 Å². The van der Waals surface area contributed by atoms with E-state index in [1.807, 2.05) is 0 Å². The summed E-state index contributed by atoms with van der Waals surface area (Å²) in [6.07, 6.45) is 6.54. The van der Waals surface area contributed by atoms with Gasteiger partial charge >= 0.3 is 0 Å². The lowest BCUT2D eigenvalue weighted by Crippen LogP contribution is -2.36. The Hall–Kier alpha value is -0.860. The minimum atomic E-state index is 0.167. The van der Waals surface area contributed by atoms with Crippen molar-refractivity contribution in [1.29, 1.82) is 0 Å². The Kier molecular flexibility index (Phi) is 5.62. The largest absolute Gasteiger partial charge is 0.324 e. The predicted octanol–water partition coefficient (Wildman–Crippen LogP) is 3.90. The third-order valence-corrected chi connectivity index (χ3v) is 4.91. The minimum Gasteiger partial charge on any atom is -0.324 e. The molecule has 0 aromatic heterocycles. The van der Waals surface area contributed by atoms with E-state index in [9.17, 15) is 0 Å². The molecule has 0 bridgehead atoms. The van der Waals surface area contributed by atoms with Crippen molar-refractivity contribution in [2.45, 2.75) is 58.0 Å². The highest BCUT2D eigenvalue weighted by Crippen LogP contribution is 2.27. The highest BCUT2D eigenvalue weighted by atomic mass is 15.1. The van der Waals surface area contributed by atoms with E-state index in [-0.39, 0.29) is 6.04 Å². The van der Waals surface area contributed by atoms with Crippen molar-refractivity contribution in [1.82, 2.24) is 4.90 Å². The van der Waals surface area contributed by atoms with Crippen LogP contribution < -0.4 is 5.73 Å². The highest BCUT2D eigenvalue weighted by molar-refractivity contribution is 5.23. The maximum atomic E-state index is 6.32. The maximum absolute atomic E-state index is 6.32. The molecule has 0 heterocycles. The molecule has 1 fully saturated rings. The Morgan fingerprint density at radius 1 is 1.15 bits per heavy atom. The standard InChI is InChI=1S/C18H30N2/c1-14-4-8-16(9-5-14)18(19)12-13-20(3)17-10-6-15(2)7-11-17/h4-5,8-9,15,17-18H,6-7,10-13,19H2,1-3H3. The normalized spacial score (nSPS) is 24.9. The van der Waals surface area contributed by atoms with E-state index < -0.39 is 0 Å². The summed E-state index contributed by atoms with van der Waals surface area (Å²) in [4.78, 5) is 2.53. The van der Waals surface area contributed by atoms with Crippen molar-refractivity contribution >= 4 is 0 Å². The lowest BCUT2D eigenvalue weighted by atomic mass is 9.86. The van der Waals surface area contributed by atoms with Gasteiger partial charge in [0.2, 0.25) is 0 Å². The predicted molar refractivity (Wildman–Crippen MR) is 86.8 cm³/mol. The number of rotatable bonds is 5. The summed E-state index contributed by atoms with van der Waals surface area (Å²) in [5.41, 5.74) is 8.88. The van der Waals surface area contributed by atoms with Crippen LogP contribution in [0.1, 0.15) is 56.2 Å². The summed E-state index contributed by atoms with van der Waals surface area (Å²) in [7, 11) is 2.27. The van der Waals surface area contributed by atoms with Gasteiger partial charge in [-0.3, -0.25) is 0 Å². The van der Waals surface area contributed by atoms with Gasteiger partial charge in [0.25, 0.3) is 0 Å². The van der Waals surface area contributed by atoms with Crippen molar-refractivity contribution < 1.29 is 0 Å². The molecule has 1 saturated carbocycles. The van der Waals surface area contributed by atoms with Crippen LogP contribution in [0.2, 0.25) is 0 Å². The van der Waals surface area contributed by atoms with Gasteiger partial charge < -0.3 is 10.6 Å². The Morgan fingerprint density at radius 3 is 2.35 bits per heavy atom. The monoisotopic (exact) mass is 274 g/mol. The van der Waals surface area contributed by atoms with Gasteiger partial charge in [-0.2, -0.15) is 0 Å². The van der Waals surface area contributed by atoms with Crippen LogP contribution in [0.3, 0.4) is 0 Å². The molecule has 0 amide bonds. The fourth-order valence-electron chi connectivity index (χ4n) is 3.19. The third kappa shape index (κ3) is 4.32. The second kappa shape index (κ2) is 7.24. The van der Waals surface area contributed by atoms with E-state index in [1.54, 1.807) is 0 Å². The summed E-state index contributed by atoms with van der Waals surface area (Å²) < 4.78 is 0. The van der Waals surface area contributed by atoms with E-state index in [2.05, 4.69) is 50.1 Å². The first-order chi connectivity index (χ1) is 9.56. The Balaban J connectivity index is 1.77. The second-order valence-corrected chi connectivity index (χ2v) is 6.70. The highest BCUT2D eigenvalue weighted by Gasteiger charge is 2.21. The topological polar surface area (TPSA) is 29.3 Å². The smallest absolute Gasteiger partial charge is 0.0307 e. The number of benzene rings is 1. The molecule has 20 heavy (non-hydrogen) atoms. The zero-order chi connectivity index (χ0) is 14.5. The van der Waals surface area contributed by atoms with Crippen LogP contribution in [0.4, 0.5) is 0 Å². The first kappa shape index (κ1) is 15.5. The lowest BCUT2D eigenvalue weighted by Gasteiger charge is -2.34. The van der Waals surface area contributed by atoms with E-state index in [4.69, 9.17) is 5.73 Å². The fourth-order valence-corrected chi connectivity index (χ4v) is 3.19. The van der Waals surface area contributed by atoms with E-state index in [0.717, 1.165) is 24.9 Å². The van der Waals surface area contributed by atoms with E-state index in [1.165, 1.54) is 36.8 Å². The van der Waals surface area contributed by atoms with Crippen LogP contribution in [0.15, 0.2) is 24.3 Å². The molecular formula is C18H30N2. The van der Waals surface area contributed by atoms with Crippen LogP contribution in [0, 0.1) is 12.8 Å². The summed E-state index contributed by atoms with van der Waals surface area (Å²) in [5, 5.41) is 0. The molecule has 0 saturated heterocycles. The molecule has 0 radical (unpaired) electrons. The van der Waals surface area contributed by atoms with Gasteiger partial charge in [-0.15, -0.1) is 0 Å². The average Bonchev–Trinajstić information content (AvgIpc) is 2.46. The first-order valence-electron chi connectivity index (χ1n) is 8.08. The van der Waals surface area contributed by atoms with Gasteiger partial charge in [0, 0.05) is 12.1 Å². The Bertz CT molecular complexity index is 390. The van der Waals surface area contributed by atoms with Crippen molar-refractivity contribution in [2.75, 3.05) is 13.6 Å². The SMILES string of the molecule is Cc1ccc(C(N)CCN(C)C2CCC(C)CC2)cc1. The van der Waals surface area contributed by atoms with E-state index >= 15 is 0 Å². The maximum Gasteiger partial charge on any atom is 0.0307 e. The van der Waals surface area contributed by atoms with Gasteiger partial charge in [0.1, 0.15) is 0 Å². The number of nitrogens with zero attached hydrogens (tertiary/aromatic N) is 1. The van der Waals surface area contributed by atoms with Gasteiger partial charge in [0.05, 0.1) is 0 Å². The number of aryl methyl sites for hydroxylation is 1. The average molecular weight is 274 g/mol. The number of nitrogens with two attached hydrogens (primary N) is 1. The third-order valence-electron chi connectivity index (χ3n) is 4.91. The van der Waals surface area contributed by atoms with Crippen LogP contribution in [0.5, 0.6) is 0 Å². The molecule has 1 aromatic rings. The van der Waals surface area contributed by atoms with Crippen LogP contribution >= 0.6 is 0 Å². The fraction of sp³-hybridized carbons (Fsp3) is 0.667. The molecule has 2 nitrogen and oxygen atoms in total. The van der Waals surface area contributed by atoms with Crippen LogP contribution in [0.25, 0.3) is 0 Å². The number of hydrogen-bond acceptors (Lipinski definition) is 2. The second-order valence-electron chi connectivity index (χ2n) is 6.70. The molecule has 2 heteroatoms. The first-order valence-corrected chi connectivity index (χ1v) is 8.08. The summed E-state index contributed by atoms with van der Waals surface area (Å²) in [5.74, 6) is 0.925. The van der Waals surface area contributed by atoms with Gasteiger partial charge in [-0.1, -0.05) is 36.8 Å². The molecular weight excluding hydrogens is 244 g/mol. The molecule has 1 atom stereocenters. The van der Waals surface area contributed by atoms with Crippen LogP contribution in [-0.4, -0.2) is 24.5 Å². The Labute approximate surface area is 124 Å². The molecule has 1 aliphatic rings. The van der Waals surface area contributed by atoms with Crippen LogP contribution in [-0.2, 0) is 0 Å². The zero-order valence-corrected chi connectivity index (χ0v) is 13.3. The molecule has 2 N–H and O–H groups in total. The number of hydrogen-bond donors (Lipinski definition) is 1. The van der Waals surface area contributed by atoms with E-state index in [0.29, 0.717) is 0 Å². The lowest BCUT2D eigenvalue weighted by molar-refractivity contribution is 0.166. The molecule has 0 aliphatic heterocycles. The zero-order valence-electron chi connectivity index (χ0n) is 13.3.